The van der Waals surface area contributed by atoms with Gasteiger partial charge in [-0.05, 0) is 56.8 Å². The number of ether oxygens (including phenoxy) is 2. The molecule has 0 bridgehead atoms. The zero-order valence-corrected chi connectivity index (χ0v) is 15.3. The highest BCUT2D eigenvalue weighted by Gasteiger charge is 2.31. The van der Waals surface area contributed by atoms with Gasteiger partial charge in [-0.3, -0.25) is 9.59 Å². The molecule has 4 nitrogen and oxygen atoms in total. The molecule has 0 aromatic heterocycles. The third-order valence-electron chi connectivity index (χ3n) is 4.50. The Morgan fingerprint density at radius 2 is 1.22 bits per heavy atom. The molecule has 0 amide bonds. The highest BCUT2D eigenvalue weighted by Crippen LogP contribution is 2.30. The van der Waals surface area contributed by atoms with Gasteiger partial charge in [0.05, 0.1) is 25.0 Å². The van der Waals surface area contributed by atoms with Crippen LogP contribution in [0.4, 0.5) is 0 Å². The Morgan fingerprint density at radius 1 is 0.783 bits per heavy atom. The van der Waals surface area contributed by atoms with Crippen LogP contribution in [0.2, 0.25) is 0 Å². The van der Waals surface area contributed by atoms with Crippen LogP contribution in [0.5, 0.6) is 0 Å². The van der Waals surface area contributed by atoms with Crippen LogP contribution < -0.4 is 0 Å². The zero-order chi connectivity index (χ0) is 17.2. The molecule has 0 aromatic rings. The van der Waals surface area contributed by atoms with E-state index in [1.165, 1.54) is 0 Å². The van der Waals surface area contributed by atoms with Gasteiger partial charge in [0.25, 0.3) is 0 Å². The second-order valence-electron chi connectivity index (χ2n) is 7.60. The van der Waals surface area contributed by atoms with Crippen LogP contribution in [-0.4, -0.2) is 25.2 Å². The Kier molecular flexibility index (Phi) is 9.27. The summed E-state index contributed by atoms with van der Waals surface area (Å²) in [7, 11) is 0. The lowest BCUT2D eigenvalue weighted by atomic mass is 9.82. The van der Waals surface area contributed by atoms with E-state index in [0.29, 0.717) is 25.0 Å². The third kappa shape index (κ3) is 8.38. The molecular formula is C19H34O4. The summed E-state index contributed by atoms with van der Waals surface area (Å²) in [6, 6.07) is 0. The summed E-state index contributed by atoms with van der Waals surface area (Å²) in [4.78, 5) is 24.0. The third-order valence-corrected chi connectivity index (χ3v) is 4.50. The topological polar surface area (TPSA) is 52.6 Å². The largest absolute Gasteiger partial charge is 0.465 e. The number of esters is 2. The van der Waals surface area contributed by atoms with Crippen LogP contribution in [0.3, 0.4) is 0 Å². The minimum absolute atomic E-state index is 0.0336. The molecule has 0 aromatic carbocycles. The lowest BCUT2D eigenvalue weighted by molar-refractivity contribution is -0.155. The standard InChI is InChI=1S/C19H34O4/c1-14(2)6-5-12-22-18(20)16-7-9-17(10-8-16)19(21)23-13-11-15(3)4/h14-17H,5-13H2,1-4H3. The highest BCUT2D eigenvalue weighted by molar-refractivity contribution is 5.75. The van der Waals surface area contributed by atoms with Gasteiger partial charge in [-0.15, -0.1) is 0 Å². The van der Waals surface area contributed by atoms with Gasteiger partial charge in [0, 0.05) is 0 Å². The monoisotopic (exact) mass is 326 g/mol. The summed E-state index contributed by atoms with van der Waals surface area (Å²) < 4.78 is 10.7. The quantitative estimate of drug-likeness (QED) is 0.466. The Labute approximate surface area is 141 Å². The average Bonchev–Trinajstić information content (AvgIpc) is 2.51. The molecule has 1 fully saturated rings. The van der Waals surface area contributed by atoms with Crippen molar-refractivity contribution in [2.24, 2.45) is 23.7 Å². The summed E-state index contributed by atoms with van der Waals surface area (Å²) in [5.74, 6) is 0.950. The first-order chi connectivity index (χ1) is 10.9. The van der Waals surface area contributed by atoms with Crippen molar-refractivity contribution < 1.29 is 19.1 Å². The number of carbonyl (C=O) groups excluding carboxylic acids is 2. The van der Waals surface area contributed by atoms with Gasteiger partial charge in [0.15, 0.2) is 0 Å². The van der Waals surface area contributed by atoms with E-state index in [1.54, 1.807) is 0 Å². The number of hydrogen-bond acceptors (Lipinski definition) is 4. The Hall–Kier alpha value is -1.06. The van der Waals surface area contributed by atoms with Gasteiger partial charge in [-0.2, -0.15) is 0 Å². The van der Waals surface area contributed by atoms with Gasteiger partial charge in [0.1, 0.15) is 0 Å². The predicted octanol–water partition coefficient (Wildman–Crippen LogP) is 4.36. The molecule has 1 rings (SSSR count). The fourth-order valence-corrected chi connectivity index (χ4v) is 2.86. The van der Waals surface area contributed by atoms with E-state index in [1.807, 2.05) is 0 Å². The van der Waals surface area contributed by atoms with Crippen molar-refractivity contribution in [1.29, 1.82) is 0 Å². The van der Waals surface area contributed by atoms with E-state index in [2.05, 4.69) is 27.7 Å². The summed E-state index contributed by atoms with van der Waals surface area (Å²) in [6.07, 6.45) is 5.89. The normalized spacial score (nSPS) is 21.5. The molecule has 4 heteroatoms. The first kappa shape index (κ1) is 20.0. The van der Waals surface area contributed by atoms with Gasteiger partial charge in [-0.1, -0.05) is 27.7 Å². The second-order valence-corrected chi connectivity index (χ2v) is 7.60. The molecule has 1 saturated carbocycles. The van der Waals surface area contributed by atoms with Crippen molar-refractivity contribution in [3.8, 4) is 0 Å². The lowest BCUT2D eigenvalue weighted by Crippen LogP contribution is -2.28. The molecule has 0 heterocycles. The molecule has 0 unspecified atom stereocenters. The minimum Gasteiger partial charge on any atom is -0.465 e. The summed E-state index contributed by atoms with van der Waals surface area (Å²) in [6.45, 7) is 9.60. The van der Waals surface area contributed by atoms with Gasteiger partial charge < -0.3 is 9.47 Å². The Morgan fingerprint density at radius 3 is 1.65 bits per heavy atom. The van der Waals surface area contributed by atoms with E-state index >= 15 is 0 Å². The molecule has 134 valence electrons. The Bertz CT molecular complexity index is 354. The van der Waals surface area contributed by atoms with Gasteiger partial charge in [-0.25, -0.2) is 0 Å². The van der Waals surface area contributed by atoms with Crippen molar-refractivity contribution in [2.75, 3.05) is 13.2 Å². The van der Waals surface area contributed by atoms with Crippen LogP contribution in [0, 0.1) is 23.7 Å². The van der Waals surface area contributed by atoms with Gasteiger partial charge in [0.2, 0.25) is 0 Å². The minimum atomic E-state index is -0.0885. The fraction of sp³-hybridized carbons (Fsp3) is 0.895. The zero-order valence-electron chi connectivity index (χ0n) is 15.3. The number of carbonyl (C=O) groups is 2. The van der Waals surface area contributed by atoms with Gasteiger partial charge >= 0.3 is 11.9 Å². The molecule has 1 aliphatic rings. The van der Waals surface area contributed by atoms with Crippen molar-refractivity contribution in [3.63, 3.8) is 0 Å². The SMILES string of the molecule is CC(C)CCCOC(=O)C1CCC(C(=O)OCCC(C)C)CC1. The fourth-order valence-electron chi connectivity index (χ4n) is 2.86. The van der Waals surface area contributed by atoms with E-state index < -0.39 is 0 Å². The van der Waals surface area contributed by atoms with Crippen LogP contribution in [0.1, 0.15) is 72.6 Å². The average molecular weight is 326 g/mol. The smallest absolute Gasteiger partial charge is 0.308 e. The van der Waals surface area contributed by atoms with Crippen molar-refractivity contribution in [2.45, 2.75) is 72.6 Å². The Balaban J connectivity index is 2.18. The predicted molar refractivity (Wildman–Crippen MR) is 90.9 cm³/mol. The van der Waals surface area contributed by atoms with E-state index in [0.717, 1.165) is 44.9 Å². The van der Waals surface area contributed by atoms with Crippen LogP contribution in [0.15, 0.2) is 0 Å². The van der Waals surface area contributed by atoms with Crippen molar-refractivity contribution in [1.82, 2.24) is 0 Å². The molecular weight excluding hydrogens is 292 g/mol. The number of rotatable bonds is 9. The van der Waals surface area contributed by atoms with E-state index in [9.17, 15) is 9.59 Å². The van der Waals surface area contributed by atoms with Crippen molar-refractivity contribution in [3.05, 3.63) is 0 Å². The van der Waals surface area contributed by atoms with E-state index in [-0.39, 0.29) is 23.8 Å². The maximum Gasteiger partial charge on any atom is 0.308 e. The van der Waals surface area contributed by atoms with Crippen LogP contribution in [-0.2, 0) is 19.1 Å². The molecule has 23 heavy (non-hydrogen) atoms. The molecule has 0 aliphatic heterocycles. The maximum absolute atomic E-state index is 12.0. The molecule has 0 radical (unpaired) electrons. The summed E-state index contributed by atoms with van der Waals surface area (Å²) in [5.41, 5.74) is 0. The first-order valence-corrected chi connectivity index (χ1v) is 9.23. The van der Waals surface area contributed by atoms with Crippen LogP contribution >= 0.6 is 0 Å². The highest BCUT2D eigenvalue weighted by atomic mass is 16.5. The first-order valence-electron chi connectivity index (χ1n) is 9.23. The number of hydrogen-bond donors (Lipinski definition) is 0. The molecule has 0 saturated heterocycles. The molecule has 1 aliphatic carbocycles. The van der Waals surface area contributed by atoms with Crippen LogP contribution in [0.25, 0.3) is 0 Å². The molecule has 0 spiro atoms. The molecule has 0 N–H and O–H groups in total. The lowest BCUT2D eigenvalue weighted by Gasteiger charge is -2.26. The maximum atomic E-state index is 12.0. The molecule has 0 atom stereocenters. The summed E-state index contributed by atoms with van der Waals surface area (Å²) in [5, 5.41) is 0. The van der Waals surface area contributed by atoms with E-state index in [4.69, 9.17) is 9.47 Å². The second kappa shape index (κ2) is 10.7. The van der Waals surface area contributed by atoms with Crippen molar-refractivity contribution >= 4 is 11.9 Å². The summed E-state index contributed by atoms with van der Waals surface area (Å²) >= 11 is 0.